The van der Waals surface area contributed by atoms with E-state index in [2.05, 4.69) is 10.6 Å². The van der Waals surface area contributed by atoms with Crippen molar-refractivity contribution in [2.75, 3.05) is 25.5 Å². The Kier molecular flexibility index (Phi) is 5.55. The Balaban J connectivity index is 1.77. The number of fused-ring (bicyclic) bond motifs is 1. The lowest BCUT2D eigenvalue weighted by atomic mass is 10.0. The second-order valence-electron chi connectivity index (χ2n) is 7.09. The molecule has 4 rings (SSSR count). The first-order valence-corrected chi connectivity index (χ1v) is 11.4. The van der Waals surface area contributed by atoms with Gasteiger partial charge in [-0.2, -0.15) is 4.31 Å². The standard InChI is InChI=1S/C19H24ClN5O2S/c1-21-18-13-12-22-10-9-15(13)23-19(24-18)16-7-4-5-11-25(16)28(26,27)17-8-3-2-6-14(17)20/h2-3,6,8,16,22H,4-5,7,9-12H2,1H3,(H,21,23,24)/t16-/m1/s1. The van der Waals surface area contributed by atoms with Crippen molar-refractivity contribution in [3.8, 4) is 0 Å². The predicted octanol–water partition coefficient (Wildman–Crippen LogP) is 2.73. The summed E-state index contributed by atoms with van der Waals surface area (Å²) in [5.41, 5.74) is 2.06. The van der Waals surface area contributed by atoms with Crippen molar-refractivity contribution < 1.29 is 8.42 Å². The van der Waals surface area contributed by atoms with Crippen molar-refractivity contribution in [2.24, 2.45) is 0 Å². The van der Waals surface area contributed by atoms with Crippen LogP contribution in [0.3, 0.4) is 0 Å². The van der Waals surface area contributed by atoms with Gasteiger partial charge in [-0.15, -0.1) is 0 Å². The minimum atomic E-state index is -3.74. The van der Waals surface area contributed by atoms with Crippen molar-refractivity contribution in [2.45, 2.75) is 43.2 Å². The third kappa shape index (κ3) is 3.50. The average Bonchev–Trinajstić information content (AvgIpc) is 2.73. The highest BCUT2D eigenvalue weighted by Crippen LogP contribution is 2.37. The molecule has 2 aliphatic heterocycles. The van der Waals surface area contributed by atoms with Crippen LogP contribution in [0, 0.1) is 0 Å². The van der Waals surface area contributed by atoms with Gasteiger partial charge in [0, 0.05) is 38.7 Å². The number of hydrogen-bond donors (Lipinski definition) is 2. The number of rotatable bonds is 4. The van der Waals surface area contributed by atoms with E-state index >= 15 is 0 Å². The van der Waals surface area contributed by atoms with Gasteiger partial charge in [0.15, 0.2) is 0 Å². The summed E-state index contributed by atoms with van der Waals surface area (Å²) in [5.74, 6) is 1.34. The lowest BCUT2D eigenvalue weighted by Crippen LogP contribution is -2.40. The van der Waals surface area contributed by atoms with Gasteiger partial charge in [-0.3, -0.25) is 0 Å². The fourth-order valence-corrected chi connectivity index (χ4v) is 6.10. The molecule has 3 heterocycles. The molecular formula is C19H24ClN5O2S. The Morgan fingerprint density at radius 1 is 1.25 bits per heavy atom. The Morgan fingerprint density at radius 3 is 2.86 bits per heavy atom. The van der Waals surface area contributed by atoms with Crippen LogP contribution in [-0.4, -0.2) is 42.8 Å². The largest absolute Gasteiger partial charge is 0.373 e. The number of nitrogens with zero attached hydrogens (tertiary/aromatic N) is 3. The van der Waals surface area contributed by atoms with Crippen molar-refractivity contribution in [1.29, 1.82) is 0 Å². The molecule has 7 nitrogen and oxygen atoms in total. The van der Waals surface area contributed by atoms with E-state index in [4.69, 9.17) is 21.6 Å². The smallest absolute Gasteiger partial charge is 0.245 e. The van der Waals surface area contributed by atoms with Crippen LogP contribution in [0.15, 0.2) is 29.2 Å². The summed E-state index contributed by atoms with van der Waals surface area (Å²) >= 11 is 6.21. The van der Waals surface area contributed by atoms with Crippen LogP contribution in [0.25, 0.3) is 0 Å². The average molecular weight is 422 g/mol. The summed E-state index contributed by atoms with van der Waals surface area (Å²) in [5, 5.41) is 6.72. The van der Waals surface area contributed by atoms with Crippen molar-refractivity contribution in [1.82, 2.24) is 19.6 Å². The van der Waals surface area contributed by atoms with E-state index in [-0.39, 0.29) is 16.0 Å². The molecule has 1 saturated heterocycles. The molecule has 28 heavy (non-hydrogen) atoms. The summed E-state index contributed by atoms with van der Waals surface area (Å²) in [6.07, 6.45) is 3.26. The first-order valence-electron chi connectivity index (χ1n) is 9.57. The van der Waals surface area contributed by atoms with E-state index in [0.717, 1.165) is 49.4 Å². The minimum Gasteiger partial charge on any atom is -0.373 e. The lowest BCUT2D eigenvalue weighted by molar-refractivity contribution is 0.246. The topological polar surface area (TPSA) is 87.2 Å². The fourth-order valence-electron chi connectivity index (χ4n) is 3.95. The van der Waals surface area contributed by atoms with Gasteiger partial charge in [-0.05, 0) is 25.0 Å². The Bertz CT molecular complexity index is 965. The quantitative estimate of drug-likeness (QED) is 0.789. The van der Waals surface area contributed by atoms with E-state index < -0.39 is 10.0 Å². The van der Waals surface area contributed by atoms with Gasteiger partial charge in [-0.1, -0.05) is 30.2 Å². The summed E-state index contributed by atoms with van der Waals surface area (Å²) < 4.78 is 28.3. The van der Waals surface area contributed by atoms with Gasteiger partial charge < -0.3 is 10.6 Å². The molecule has 0 saturated carbocycles. The van der Waals surface area contributed by atoms with Crippen LogP contribution in [0.5, 0.6) is 0 Å². The highest BCUT2D eigenvalue weighted by molar-refractivity contribution is 7.89. The molecule has 0 radical (unpaired) electrons. The number of piperidine rings is 1. The van der Waals surface area contributed by atoms with Gasteiger partial charge in [-0.25, -0.2) is 18.4 Å². The maximum atomic E-state index is 13.4. The Hall–Kier alpha value is -1.74. The molecule has 1 atom stereocenters. The number of sulfonamides is 1. The maximum absolute atomic E-state index is 13.4. The zero-order chi connectivity index (χ0) is 19.7. The van der Waals surface area contributed by atoms with E-state index in [1.807, 2.05) is 7.05 Å². The second kappa shape index (κ2) is 7.94. The molecule has 150 valence electrons. The summed E-state index contributed by atoms with van der Waals surface area (Å²) in [4.78, 5) is 9.64. The monoisotopic (exact) mass is 421 g/mol. The number of halogens is 1. The first kappa shape index (κ1) is 19.6. The molecule has 0 spiro atoms. The summed E-state index contributed by atoms with van der Waals surface area (Å²) in [6, 6.07) is 6.20. The molecule has 0 unspecified atom stereocenters. The van der Waals surface area contributed by atoms with Crippen molar-refractivity contribution in [3.63, 3.8) is 0 Å². The zero-order valence-corrected chi connectivity index (χ0v) is 17.4. The number of aromatic nitrogens is 2. The molecule has 0 aliphatic carbocycles. The second-order valence-corrected chi connectivity index (χ2v) is 9.36. The molecule has 1 fully saturated rings. The molecule has 2 aromatic rings. The third-order valence-electron chi connectivity index (χ3n) is 5.36. The van der Waals surface area contributed by atoms with Gasteiger partial charge in [0.25, 0.3) is 0 Å². The number of anilines is 1. The van der Waals surface area contributed by atoms with Gasteiger partial charge in [0.1, 0.15) is 16.5 Å². The van der Waals surface area contributed by atoms with Crippen molar-refractivity contribution >= 4 is 27.4 Å². The highest BCUT2D eigenvalue weighted by atomic mass is 35.5. The third-order valence-corrected chi connectivity index (χ3v) is 7.77. The Morgan fingerprint density at radius 2 is 2.07 bits per heavy atom. The number of benzene rings is 1. The fraction of sp³-hybridized carbons (Fsp3) is 0.474. The molecule has 0 bridgehead atoms. The van der Waals surface area contributed by atoms with Crippen LogP contribution < -0.4 is 10.6 Å². The molecule has 1 aromatic carbocycles. The summed E-state index contributed by atoms with van der Waals surface area (Å²) in [7, 11) is -1.91. The van der Waals surface area contributed by atoms with Crippen molar-refractivity contribution in [3.05, 3.63) is 46.4 Å². The van der Waals surface area contributed by atoms with E-state index in [9.17, 15) is 8.42 Å². The van der Waals surface area contributed by atoms with Gasteiger partial charge in [0.05, 0.1) is 16.8 Å². The molecule has 0 amide bonds. The lowest BCUT2D eigenvalue weighted by Gasteiger charge is -2.34. The molecule has 2 aliphatic rings. The van der Waals surface area contributed by atoms with Gasteiger partial charge >= 0.3 is 0 Å². The van der Waals surface area contributed by atoms with Crippen LogP contribution in [0.1, 0.15) is 42.4 Å². The van der Waals surface area contributed by atoms with Gasteiger partial charge in [0.2, 0.25) is 10.0 Å². The Labute approximate surface area is 170 Å². The SMILES string of the molecule is CNc1nc([C@H]2CCCCN2S(=O)(=O)c2ccccc2Cl)nc2c1CNCC2. The molecular weight excluding hydrogens is 398 g/mol. The number of hydrogen-bond acceptors (Lipinski definition) is 6. The van der Waals surface area contributed by atoms with Crippen LogP contribution >= 0.6 is 11.6 Å². The number of nitrogens with one attached hydrogen (secondary N) is 2. The molecule has 2 N–H and O–H groups in total. The van der Waals surface area contributed by atoms with Crippen LogP contribution in [-0.2, 0) is 23.0 Å². The molecule has 1 aromatic heterocycles. The van der Waals surface area contributed by atoms with E-state index in [1.54, 1.807) is 24.3 Å². The first-order chi connectivity index (χ1) is 13.5. The van der Waals surface area contributed by atoms with Crippen LogP contribution in [0.2, 0.25) is 5.02 Å². The van der Waals surface area contributed by atoms with Crippen LogP contribution in [0.4, 0.5) is 5.82 Å². The maximum Gasteiger partial charge on any atom is 0.245 e. The zero-order valence-electron chi connectivity index (χ0n) is 15.8. The molecule has 9 heteroatoms. The minimum absolute atomic E-state index is 0.138. The summed E-state index contributed by atoms with van der Waals surface area (Å²) in [6.45, 7) is 2.02. The predicted molar refractivity (Wildman–Crippen MR) is 109 cm³/mol. The normalized spacial score (nSPS) is 20.6. The van der Waals surface area contributed by atoms with E-state index in [1.165, 1.54) is 4.31 Å². The van der Waals surface area contributed by atoms with E-state index in [0.29, 0.717) is 18.8 Å². The highest BCUT2D eigenvalue weighted by Gasteiger charge is 2.37.